The van der Waals surface area contributed by atoms with Crippen molar-refractivity contribution in [2.45, 2.75) is 63.4 Å². The van der Waals surface area contributed by atoms with E-state index in [1.165, 1.54) is 11.3 Å². The zero-order chi connectivity index (χ0) is 14.9. The summed E-state index contributed by atoms with van der Waals surface area (Å²) in [6, 6.07) is 2.30. The Morgan fingerprint density at radius 1 is 1.40 bits per heavy atom. The van der Waals surface area contributed by atoms with Crippen LogP contribution in [0.1, 0.15) is 44.1 Å². The lowest BCUT2D eigenvalue weighted by molar-refractivity contribution is 0.270. The Hall–Kier alpha value is -0.430. The summed E-state index contributed by atoms with van der Waals surface area (Å²) in [4.78, 5) is 1.10. The van der Waals surface area contributed by atoms with E-state index in [4.69, 9.17) is 0 Å². The van der Waals surface area contributed by atoms with Gasteiger partial charge in [-0.3, -0.25) is 0 Å². The predicted molar refractivity (Wildman–Crippen MR) is 83.5 cm³/mol. The molecule has 1 saturated carbocycles. The summed E-state index contributed by atoms with van der Waals surface area (Å²) < 4.78 is 27.9. The maximum Gasteiger partial charge on any atom is 0.250 e. The maximum absolute atomic E-state index is 12.3. The van der Waals surface area contributed by atoms with Crippen LogP contribution < -0.4 is 10.0 Å². The van der Waals surface area contributed by atoms with E-state index in [0.717, 1.165) is 29.8 Å². The minimum Gasteiger partial charge on any atom is -0.310 e. The van der Waals surface area contributed by atoms with Crippen LogP contribution in [-0.2, 0) is 16.6 Å². The number of sulfonamides is 1. The fraction of sp³-hybridized carbons (Fsp3) is 0.714. The van der Waals surface area contributed by atoms with Gasteiger partial charge in [-0.15, -0.1) is 11.3 Å². The van der Waals surface area contributed by atoms with Gasteiger partial charge in [0.1, 0.15) is 4.21 Å². The molecule has 1 aromatic heterocycles. The van der Waals surface area contributed by atoms with E-state index in [-0.39, 0.29) is 6.04 Å². The van der Waals surface area contributed by atoms with Crippen LogP contribution in [0.2, 0.25) is 0 Å². The Morgan fingerprint density at radius 2 is 2.05 bits per heavy atom. The normalized spacial score (nSPS) is 23.1. The van der Waals surface area contributed by atoms with Crippen molar-refractivity contribution in [3.05, 3.63) is 16.5 Å². The van der Waals surface area contributed by atoms with Crippen LogP contribution in [0.15, 0.2) is 10.3 Å². The van der Waals surface area contributed by atoms with Gasteiger partial charge in [0.15, 0.2) is 0 Å². The van der Waals surface area contributed by atoms with Crippen LogP contribution in [0.25, 0.3) is 0 Å². The van der Waals surface area contributed by atoms with Gasteiger partial charge in [0.05, 0.1) is 0 Å². The van der Waals surface area contributed by atoms with Gasteiger partial charge in [0.2, 0.25) is 10.0 Å². The van der Waals surface area contributed by atoms with Gasteiger partial charge in [-0.25, -0.2) is 13.1 Å². The molecule has 1 aliphatic carbocycles. The van der Waals surface area contributed by atoms with Gasteiger partial charge >= 0.3 is 0 Å². The van der Waals surface area contributed by atoms with Crippen molar-refractivity contribution in [2.24, 2.45) is 5.92 Å². The Balaban J connectivity index is 2.06. The quantitative estimate of drug-likeness (QED) is 0.848. The average molecular weight is 316 g/mol. The Morgan fingerprint density at radius 3 is 2.60 bits per heavy atom. The second-order valence-electron chi connectivity index (χ2n) is 6.10. The van der Waals surface area contributed by atoms with E-state index in [1.807, 2.05) is 6.92 Å². The molecular formula is C14H24N2O2S2. The van der Waals surface area contributed by atoms with Crippen LogP contribution in [-0.4, -0.2) is 20.5 Å². The van der Waals surface area contributed by atoms with Crippen molar-refractivity contribution in [2.75, 3.05) is 0 Å². The molecule has 2 N–H and O–H groups in total. The topological polar surface area (TPSA) is 58.2 Å². The third kappa shape index (κ3) is 3.81. The molecule has 0 atom stereocenters. The molecule has 1 fully saturated rings. The van der Waals surface area contributed by atoms with Gasteiger partial charge in [-0.2, -0.15) is 0 Å². The Bertz CT molecular complexity index is 558. The number of nitrogens with one attached hydrogen (secondary N) is 2. The minimum absolute atomic E-state index is 0.120. The molecule has 0 unspecified atom stereocenters. The second kappa shape index (κ2) is 6.13. The molecule has 4 nitrogen and oxygen atoms in total. The molecular weight excluding hydrogens is 292 g/mol. The summed E-state index contributed by atoms with van der Waals surface area (Å²) in [5.74, 6) is 0.638. The largest absolute Gasteiger partial charge is 0.310 e. The number of rotatable bonds is 6. The van der Waals surface area contributed by atoms with E-state index < -0.39 is 10.0 Å². The van der Waals surface area contributed by atoms with Crippen molar-refractivity contribution in [3.63, 3.8) is 0 Å². The van der Waals surface area contributed by atoms with E-state index >= 15 is 0 Å². The first-order valence-corrected chi connectivity index (χ1v) is 9.43. The van der Waals surface area contributed by atoms with E-state index in [0.29, 0.717) is 16.2 Å². The molecule has 0 aliphatic heterocycles. The molecule has 0 bridgehead atoms. The highest BCUT2D eigenvalue weighted by Gasteiger charge is 2.30. The lowest BCUT2D eigenvalue weighted by Gasteiger charge is -2.32. The van der Waals surface area contributed by atoms with Crippen molar-refractivity contribution in [3.8, 4) is 0 Å². The van der Waals surface area contributed by atoms with Crippen LogP contribution in [0.5, 0.6) is 0 Å². The Kier molecular flexibility index (Phi) is 4.89. The van der Waals surface area contributed by atoms with E-state index in [1.54, 1.807) is 6.07 Å². The zero-order valence-electron chi connectivity index (χ0n) is 12.6. The van der Waals surface area contributed by atoms with Crippen LogP contribution in [0, 0.1) is 12.8 Å². The number of thiophene rings is 1. The lowest BCUT2D eigenvalue weighted by atomic mass is 9.83. The average Bonchev–Trinajstić information content (AvgIpc) is 2.66. The molecule has 1 aromatic rings. The summed E-state index contributed by atoms with van der Waals surface area (Å²) in [5, 5.41) is 3.33. The molecule has 0 aromatic carbocycles. The molecule has 0 amide bonds. The van der Waals surface area contributed by atoms with Crippen molar-refractivity contribution in [1.82, 2.24) is 10.0 Å². The van der Waals surface area contributed by atoms with Crippen molar-refractivity contribution >= 4 is 21.4 Å². The first kappa shape index (κ1) is 15.9. The van der Waals surface area contributed by atoms with Gasteiger partial charge in [-0.05, 0) is 37.3 Å². The fourth-order valence-electron chi connectivity index (χ4n) is 2.37. The van der Waals surface area contributed by atoms with Gasteiger partial charge in [0, 0.05) is 23.5 Å². The molecule has 1 aliphatic rings. The molecule has 114 valence electrons. The van der Waals surface area contributed by atoms with Crippen LogP contribution >= 0.6 is 11.3 Å². The van der Waals surface area contributed by atoms with Crippen LogP contribution in [0.3, 0.4) is 0 Å². The predicted octanol–water partition coefficient (Wildman–Crippen LogP) is 2.63. The van der Waals surface area contributed by atoms with E-state index in [2.05, 4.69) is 30.8 Å². The fourth-order valence-corrected chi connectivity index (χ4v) is 5.19. The lowest BCUT2D eigenvalue weighted by Crippen LogP contribution is -2.43. The van der Waals surface area contributed by atoms with Gasteiger partial charge in [0.25, 0.3) is 0 Å². The number of aryl methyl sites for hydroxylation is 1. The zero-order valence-corrected chi connectivity index (χ0v) is 14.2. The molecule has 0 radical (unpaired) electrons. The third-order valence-corrected chi connectivity index (χ3v) is 6.86. The molecule has 1 heterocycles. The summed E-state index contributed by atoms with van der Waals surface area (Å²) in [6.45, 7) is 9.01. The van der Waals surface area contributed by atoms with Crippen molar-refractivity contribution < 1.29 is 8.42 Å². The SMILES string of the molecule is Cc1cc(S(=O)(=O)NC2CC(C)C2)sc1CNC(C)C. The summed E-state index contributed by atoms with van der Waals surface area (Å²) in [5.41, 5.74) is 1.05. The first-order valence-electron chi connectivity index (χ1n) is 7.13. The molecule has 2 rings (SSSR count). The highest BCUT2D eigenvalue weighted by Crippen LogP contribution is 2.30. The summed E-state index contributed by atoms with van der Waals surface area (Å²) in [7, 11) is -3.34. The number of hydrogen-bond acceptors (Lipinski definition) is 4. The monoisotopic (exact) mass is 316 g/mol. The number of hydrogen-bond donors (Lipinski definition) is 2. The molecule has 0 spiro atoms. The van der Waals surface area contributed by atoms with E-state index in [9.17, 15) is 8.42 Å². The standard InChI is InChI=1S/C14H24N2O2S2/c1-9(2)15-8-13-11(4)7-14(19-13)20(17,18)16-12-5-10(3)6-12/h7,9-10,12,15-16H,5-6,8H2,1-4H3. The molecule has 6 heteroatoms. The minimum atomic E-state index is -3.34. The Labute approximate surface area is 126 Å². The van der Waals surface area contributed by atoms with Gasteiger partial charge in [-0.1, -0.05) is 20.8 Å². The highest BCUT2D eigenvalue weighted by molar-refractivity contribution is 7.91. The molecule has 20 heavy (non-hydrogen) atoms. The van der Waals surface area contributed by atoms with Gasteiger partial charge < -0.3 is 5.32 Å². The highest BCUT2D eigenvalue weighted by atomic mass is 32.2. The summed E-state index contributed by atoms with van der Waals surface area (Å²) in [6.07, 6.45) is 1.90. The summed E-state index contributed by atoms with van der Waals surface area (Å²) >= 11 is 1.37. The second-order valence-corrected chi connectivity index (χ2v) is 9.18. The van der Waals surface area contributed by atoms with Crippen molar-refractivity contribution in [1.29, 1.82) is 0 Å². The first-order chi connectivity index (χ1) is 9.28. The third-order valence-electron chi connectivity index (χ3n) is 3.63. The smallest absolute Gasteiger partial charge is 0.250 e. The van der Waals surface area contributed by atoms with Crippen LogP contribution in [0.4, 0.5) is 0 Å². The molecule has 0 saturated heterocycles. The maximum atomic E-state index is 12.3.